The number of nitrogens with two attached hydrogens (primary N) is 1. The summed E-state index contributed by atoms with van der Waals surface area (Å²) < 4.78 is 5.23. The molecule has 0 spiro atoms. The Labute approximate surface area is 111 Å². The fraction of sp³-hybridized carbons (Fsp3) is 0.929. The highest BCUT2D eigenvalue weighted by Gasteiger charge is 2.29. The summed E-state index contributed by atoms with van der Waals surface area (Å²) in [6.07, 6.45) is 4.83. The van der Waals surface area contributed by atoms with Crippen molar-refractivity contribution in [2.45, 2.75) is 58.6 Å². The van der Waals surface area contributed by atoms with Gasteiger partial charge in [-0.3, -0.25) is 9.69 Å². The predicted octanol–water partition coefficient (Wildman–Crippen LogP) is 1.78. The monoisotopic (exact) mass is 256 g/mol. The Morgan fingerprint density at radius 3 is 2.61 bits per heavy atom. The molecule has 4 heteroatoms. The van der Waals surface area contributed by atoms with E-state index >= 15 is 0 Å². The van der Waals surface area contributed by atoms with Crippen LogP contribution < -0.4 is 5.73 Å². The maximum absolute atomic E-state index is 11.8. The highest BCUT2D eigenvalue weighted by Crippen LogP contribution is 2.27. The number of carbonyl (C=O) groups excluding carboxylic acids is 1. The van der Waals surface area contributed by atoms with E-state index in [-0.39, 0.29) is 12.1 Å². The van der Waals surface area contributed by atoms with Gasteiger partial charge in [0.25, 0.3) is 0 Å². The zero-order valence-electron chi connectivity index (χ0n) is 12.0. The van der Waals surface area contributed by atoms with Crippen molar-refractivity contribution in [2.75, 3.05) is 19.6 Å². The van der Waals surface area contributed by atoms with Crippen LogP contribution >= 0.6 is 0 Å². The van der Waals surface area contributed by atoms with Crippen LogP contribution in [0.3, 0.4) is 0 Å². The maximum atomic E-state index is 11.8. The van der Waals surface area contributed by atoms with Crippen molar-refractivity contribution < 1.29 is 9.53 Å². The van der Waals surface area contributed by atoms with Crippen LogP contribution in [0.2, 0.25) is 0 Å². The first-order chi connectivity index (χ1) is 8.58. The Bertz CT molecular complexity index is 256. The van der Waals surface area contributed by atoms with Gasteiger partial charge in [-0.15, -0.1) is 0 Å². The molecule has 0 aromatic carbocycles. The third-order valence-electron chi connectivity index (χ3n) is 3.75. The molecule has 0 saturated heterocycles. The first-order valence-electron chi connectivity index (χ1n) is 7.22. The smallest absolute Gasteiger partial charge is 0.320 e. The van der Waals surface area contributed by atoms with Crippen molar-refractivity contribution in [1.82, 2.24) is 4.90 Å². The Balaban J connectivity index is 2.55. The molecule has 1 fully saturated rings. The third kappa shape index (κ3) is 4.58. The molecule has 0 bridgehead atoms. The van der Waals surface area contributed by atoms with Gasteiger partial charge in [-0.2, -0.15) is 0 Å². The lowest BCUT2D eigenvalue weighted by Crippen LogP contribution is -2.47. The van der Waals surface area contributed by atoms with Crippen LogP contribution in [0.4, 0.5) is 0 Å². The Morgan fingerprint density at radius 1 is 1.39 bits per heavy atom. The number of ether oxygens (including phenoxy) is 1. The number of hydrogen-bond donors (Lipinski definition) is 1. The lowest BCUT2D eigenvalue weighted by Gasteiger charge is -2.38. The quantitative estimate of drug-likeness (QED) is 0.736. The molecule has 106 valence electrons. The molecule has 1 rings (SSSR count). The van der Waals surface area contributed by atoms with Crippen LogP contribution in [-0.2, 0) is 9.53 Å². The maximum Gasteiger partial charge on any atom is 0.320 e. The van der Waals surface area contributed by atoms with E-state index in [1.165, 1.54) is 19.3 Å². The average Bonchev–Trinajstić information content (AvgIpc) is 2.35. The van der Waals surface area contributed by atoms with Crippen molar-refractivity contribution in [3.63, 3.8) is 0 Å². The standard InChI is InChI=1S/C14H28N2O2/c1-4-16(10-14(17)18-11(2)3)13-8-6-5-7-12(13)9-15/h11-13H,4-10,15H2,1-3H3. The first kappa shape index (κ1) is 15.4. The minimum atomic E-state index is -0.117. The number of esters is 1. The molecule has 0 aliphatic heterocycles. The van der Waals surface area contributed by atoms with Crippen molar-refractivity contribution in [3.8, 4) is 0 Å². The van der Waals surface area contributed by atoms with E-state index in [9.17, 15) is 4.79 Å². The van der Waals surface area contributed by atoms with Crippen LogP contribution in [0.5, 0.6) is 0 Å². The van der Waals surface area contributed by atoms with Crippen LogP contribution in [-0.4, -0.2) is 42.6 Å². The van der Waals surface area contributed by atoms with Crippen molar-refractivity contribution in [2.24, 2.45) is 11.7 Å². The third-order valence-corrected chi connectivity index (χ3v) is 3.75. The van der Waals surface area contributed by atoms with Gasteiger partial charge in [0.05, 0.1) is 12.6 Å². The second kappa shape index (κ2) is 7.74. The van der Waals surface area contributed by atoms with E-state index < -0.39 is 0 Å². The molecule has 0 aromatic heterocycles. The normalized spacial score (nSPS) is 24.6. The van der Waals surface area contributed by atoms with E-state index in [1.54, 1.807) is 0 Å². The fourth-order valence-corrected chi connectivity index (χ4v) is 2.87. The minimum Gasteiger partial charge on any atom is -0.462 e. The van der Waals surface area contributed by atoms with Crippen LogP contribution in [0.15, 0.2) is 0 Å². The Kier molecular flexibility index (Phi) is 6.65. The summed E-state index contributed by atoms with van der Waals surface area (Å²) in [4.78, 5) is 14.0. The molecule has 4 nitrogen and oxygen atoms in total. The zero-order valence-corrected chi connectivity index (χ0v) is 12.0. The van der Waals surface area contributed by atoms with Gasteiger partial charge in [-0.1, -0.05) is 19.8 Å². The van der Waals surface area contributed by atoms with Crippen LogP contribution in [0, 0.1) is 5.92 Å². The van der Waals surface area contributed by atoms with Gasteiger partial charge in [0.1, 0.15) is 0 Å². The van der Waals surface area contributed by atoms with E-state index in [0.29, 0.717) is 18.5 Å². The first-order valence-corrected chi connectivity index (χ1v) is 7.22. The molecule has 0 radical (unpaired) electrons. The number of rotatable bonds is 6. The number of likely N-dealkylation sites (N-methyl/N-ethyl adjacent to an activating group) is 1. The van der Waals surface area contributed by atoms with Crippen LogP contribution in [0.25, 0.3) is 0 Å². The molecule has 0 heterocycles. The van der Waals surface area contributed by atoms with E-state index in [1.807, 2.05) is 13.8 Å². The summed E-state index contributed by atoms with van der Waals surface area (Å²) in [7, 11) is 0. The second-order valence-corrected chi connectivity index (χ2v) is 5.45. The van der Waals surface area contributed by atoms with Crippen molar-refractivity contribution >= 4 is 5.97 Å². The van der Waals surface area contributed by atoms with Gasteiger partial charge >= 0.3 is 5.97 Å². The van der Waals surface area contributed by atoms with Crippen molar-refractivity contribution in [1.29, 1.82) is 0 Å². The van der Waals surface area contributed by atoms with Crippen molar-refractivity contribution in [3.05, 3.63) is 0 Å². The summed E-state index contributed by atoms with van der Waals surface area (Å²) in [6.45, 7) is 7.88. The van der Waals surface area contributed by atoms with E-state index in [2.05, 4.69) is 11.8 Å². The molecule has 0 aromatic rings. The number of carbonyl (C=O) groups is 1. The summed E-state index contributed by atoms with van der Waals surface area (Å²) in [6, 6.07) is 0.452. The molecule has 2 unspecified atom stereocenters. The molecule has 18 heavy (non-hydrogen) atoms. The molecule has 1 aliphatic rings. The van der Waals surface area contributed by atoms with Gasteiger partial charge in [0.2, 0.25) is 0 Å². The molecule has 0 amide bonds. The summed E-state index contributed by atoms with van der Waals surface area (Å²) >= 11 is 0. The minimum absolute atomic E-state index is 0.0344. The molecule has 1 saturated carbocycles. The lowest BCUT2D eigenvalue weighted by atomic mass is 9.83. The highest BCUT2D eigenvalue weighted by molar-refractivity contribution is 5.71. The molecule has 2 atom stereocenters. The lowest BCUT2D eigenvalue weighted by molar-refractivity contribution is -0.149. The topological polar surface area (TPSA) is 55.6 Å². The summed E-state index contributed by atoms with van der Waals surface area (Å²) in [5.74, 6) is 0.416. The largest absolute Gasteiger partial charge is 0.462 e. The molecular weight excluding hydrogens is 228 g/mol. The zero-order chi connectivity index (χ0) is 13.5. The molecular formula is C14H28N2O2. The Hall–Kier alpha value is -0.610. The van der Waals surface area contributed by atoms with Gasteiger partial charge in [0, 0.05) is 6.04 Å². The molecule has 2 N–H and O–H groups in total. The summed E-state index contributed by atoms with van der Waals surface area (Å²) in [5, 5.41) is 0. The van der Waals surface area contributed by atoms with Crippen LogP contribution in [0.1, 0.15) is 46.5 Å². The second-order valence-electron chi connectivity index (χ2n) is 5.45. The number of hydrogen-bond acceptors (Lipinski definition) is 4. The van der Waals surface area contributed by atoms with Gasteiger partial charge in [-0.05, 0) is 45.7 Å². The fourth-order valence-electron chi connectivity index (χ4n) is 2.87. The summed E-state index contributed by atoms with van der Waals surface area (Å²) in [5.41, 5.74) is 5.85. The average molecular weight is 256 g/mol. The predicted molar refractivity (Wildman–Crippen MR) is 73.3 cm³/mol. The SMILES string of the molecule is CCN(CC(=O)OC(C)C)C1CCCCC1CN. The highest BCUT2D eigenvalue weighted by atomic mass is 16.5. The van der Waals surface area contributed by atoms with Gasteiger partial charge in [0.15, 0.2) is 0 Å². The van der Waals surface area contributed by atoms with Gasteiger partial charge in [-0.25, -0.2) is 0 Å². The molecule has 1 aliphatic carbocycles. The van der Waals surface area contributed by atoms with E-state index in [0.717, 1.165) is 19.5 Å². The van der Waals surface area contributed by atoms with Gasteiger partial charge < -0.3 is 10.5 Å². The number of nitrogens with zero attached hydrogens (tertiary/aromatic N) is 1. The Morgan fingerprint density at radius 2 is 2.06 bits per heavy atom. The van der Waals surface area contributed by atoms with E-state index in [4.69, 9.17) is 10.5 Å².